The van der Waals surface area contributed by atoms with Gasteiger partial charge in [0.1, 0.15) is 17.1 Å². The largest absolute Gasteiger partial charge is 0.497 e. The topological polar surface area (TPSA) is 71.5 Å². The SMILES string of the molecule is COc1ccc2c(c1)[C@]1(C(=O)N2)[C@@H](C(=O)c2cccnc2)[C@H](c2ccc(F)cc2)CN1C. The maximum absolute atomic E-state index is 14.0. The van der Waals surface area contributed by atoms with Crippen LogP contribution >= 0.6 is 0 Å². The van der Waals surface area contributed by atoms with E-state index in [1.807, 2.05) is 18.0 Å². The molecule has 0 bridgehead atoms. The van der Waals surface area contributed by atoms with Crippen molar-refractivity contribution in [3.8, 4) is 5.75 Å². The zero-order valence-corrected chi connectivity index (χ0v) is 17.7. The number of hydrogen-bond acceptors (Lipinski definition) is 5. The van der Waals surface area contributed by atoms with Gasteiger partial charge in [-0.25, -0.2) is 4.39 Å². The Balaban J connectivity index is 1.74. The first kappa shape index (κ1) is 20.3. The molecule has 3 heterocycles. The zero-order chi connectivity index (χ0) is 22.5. The molecule has 5 rings (SSSR count). The molecule has 1 fully saturated rings. The number of carbonyl (C=O) groups is 2. The third-order valence-electron chi connectivity index (χ3n) is 6.68. The van der Waals surface area contributed by atoms with E-state index in [0.717, 1.165) is 5.56 Å². The highest BCUT2D eigenvalue weighted by Gasteiger charge is 2.64. The minimum absolute atomic E-state index is 0.178. The zero-order valence-electron chi connectivity index (χ0n) is 17.7. The second kappa shape index (κ2) is 7.53. The number of nitrogens with zero attached hydrogens (tertiary/aromatic N) is 2. The van der Waals surface area contributed by atoms with Gasteiger partial charge in [-0.1, -0.05) is 12.1 Å². The predicted molar refractivity (Wildman–Crippen MR) is 117 cm³/mol. The fraction of sp³-hybridized carbons (Fsp3) is 0.240. The highest BCUT2D eigenvalue weighted by molar-refractivity contribution is 6.12. The normalized spacial score (nSPS) is 24.4. The number of pyridine rings is 1. The number of ketones is 1. The van der Waals surface area contributed by atoms with Crippen LogP contribution in [0.3, 0.4) is 0 Å². The van der Waals surface area contributed by atoms with Crippen LogP contribution < -0.4 is 10.1 Å². The number of anilines is 1. The Morgan fingerprint density at radius 1 is 1.22 bits per heavy atom. The van der Waals surface area contributed by atoms with Gasteiger partial charge in [0.2, 0.25) is 5.91 Å². The number of likely N-dealkylation sites (tertiary alicyclic amines) is 1. The number of halogens is 1. The van der Waals surface area contributed by atoms with Crippen molar-refractivity contribution < 1.29 is 18.7 Å². The number of carbonyl (C=O) groups excluding carboxylic acids is 2. The third kappa shape index (κ3) is 2.85. The molecule has 162 valence electrons. The quantitative estimate of drug-likeness (QED) is 0.639. The highest BCUT2D eigenvalue weighted by atomic mass is 19.1. The van der Waals surface area contributed by atoms with E-state index in [2.05, 4.69) is 10.3 Å². The molecule has 0 radical (unpaired) electrons. The summed E-state index contributed by atoms with van der Waals surface area (Å²) in [5.74, 6) is -1.24. The summed E-state index contributed by atoms with van der Waals surface area (Å²) in [5.41, 5.74) is 1.38. The molecule has 2 aliphatic heterocycles. The average Bonchev–Trinajstić information content (AvgIpc) is 3.29. The molecule has 3 atom stereocenters. The van der Waals surface area contributed by atoms with Gasteiger partial charge in [0.25, 0.3) is 0 Å². The molecule has 2 aliphatic rings. The average molecular weight is 431 g/mol. The third-order valence-corrected chi connectivity index (χ3v) is 6.68. The number of aromatic nitrogens is 1. The number of likely N-dealkylation sites (N-methyl/N-ethyl adjacent to an activating group) is 1. The fourth-order valence-electron chi connectivity index (χ4n) is 5.24. The summed E-state index contributed by atoms with van der Waals surface area (Å²) in [4.78, 5) is 33.6. The first-order valence-electron chi connectivity index (χ1n) is 10.4. The molecule has 1 amide bonds. The van der Waals surface area contributed by atoms with Crippen LogP contribution in [0.25, 0.3) is 0 Å². The lowest BCUT2D eigenvalue weighted by molar-refractivity contribution is -0.126. The Morgan fingerprint density at radius 3 is 2.69 bits per heavy atom. The lowest BCUT2D eigenvalue weighted by Gasteiger charge is -2.35. The standard InChI is InChI=1S/C25H22FN3O3/c1-29-14-19(15-5-7-17(26)8-6-15)22(23(30)16-4-3-11-27-13-16)25(29)20-12-18(32-2)9-10-21(20)28-24(25)31/h3-13,19,22H,14H2,1-2H3,(H,28,31)/t19-,22+,25+/m0/s1. The van der Waals surface area contributed by atoms with E-state index < -0.39 is 11.5 Å². The second-order valence-electron chi connectivity index (χ2n) is 8.25. The number of ether oxygens (including phenoxy) is 1. The monoisotopic (exact) mass is 431 g/mol. The molecule has 3 aromatic rings. The van der Waals surface area contributed by atoms with Crippen molar-refractivity contribution in [1.29, 1.82) is 0 Å². The molecule has 6 nitrogen and oxygen atoms in total. The van der Waals surface area contributed by atoms with Gasteiger partial charge in [-0.2, -0.15) is 0 Å². The molecular formula is C25H22FN3O3. The molecule has 1 saturated heterocycles. The molecule has 32 heavy (non-hydrogen) atoms. The molecule has 0 aliphatic carbocycles. The number of hydrogen-bond donors (Lipinski definition) is 1. The van der Waals surface area contributed by atoms with Crippen molar-refractivity contribution in [2.24, 2.45) is 5.92 Å². The Bertz CT molecular complexity index is 1200. The number of benzene rings is 2. The van der Waals surface area contributed by atoms with Crippen molar-refractivity contribution in [2.45, 2.75) is 11.5 Å². The molecule has 1 N–H and O–H groups in total. The maximum Gasteiger partial charge on any atom is 0.250 e. The van der Waals surface area contributed by atoms with Gasteiger partial charge in [0, 0.05) is 41.7 Å². The predicted octanol–water partition coefficient (Wildman–Crippen LogP) is 3.61. The van der Waals surface area contributed by atoms with Crippen molar-refractivity contribution in [1.82, 2.24) is 9.88 Å². The molecule has 7 heteroatoms. The number of fused-ring (bicyclic) bond motifs is 2. The second-order valence-corrected chi connectivity index (χ2v) is 8.25. The summed E-state index contributed by atoms with van der Waals surface area (Å²) < 4.78 is 19.1. The number of amides is 1. The molecular weight excluding hydrogens is 409 g/mol. The minimum Gasteiger partial charge on any atom is -0.497 e. The smallest absolute Gasteiger partial charge is 0.250 e. The molecule has 0 saturated carbocycles. The summed E-state index contributed by atoms with van der Waals surface area (Å²) in [5, 5.41) is 2.97. The van der Waals surface area contributed by atoms with E-state index >= 15 is 0 Å². The van der Waals surface area contributed by atoms with Crippen molar-refractivity contribution in [3.63, 3.8) is 0 Å². The molecule has 1 spiro atoms. The lowest BCUT2D eigenvalue weighted by Crippen LogP contribution is -2.51. The first-order valence-corrected chi connectivity index (χ1v) is 10.4. The summed E-state index contributed by atoms with van der Waals surface area (Å²) >= 11 is 0. The van der Waals surface area contributed by atoms with E-state index in [4.69, 9.17) is 4.74 Å². The number of methoxy groups -OCH3 is 1. The minimum atomic E-state index is -1.23. The number of nitrogens with one attached hydrogen (secondary N) is 1. The fourth-order valence-corrected chi connectivity index (χ4v) is 5.24. The van der Waals surface area contributed by atoms with Crippen LogP contribution in [-0.4, -0.2) is 42.3 Å². The van der Waals surface area contributed by atoms with Gasteiger partial charge in [0.05, 0.1) is 13.0 Å². The van der Waals surface area contributed by atoms with Gasteiger partial charge in [0.15, 0.2) is 5.78 Å². The molecule has 2 aromatic carbocycles. The maximum atomic E-state index is 14.0. The van der Waals surface area contributed by atoms with Crippen molar-refractivity contribution in [2.75, 3.05) is 26.0 Å². The highest BCUT2D eigenvalue weighted by Crippen LogP contribution is 2.56. The van der Waals surface area contributed by atoms with Crippen molar-refractivity contribution >= 4 is 17.4 Å². The van der Waals surface area contributed by atoms with Crippen LogP contribution in [0.1, 0.15) is 27.4 Å². The van der Waals surface area contributed by atoms with E-state index in [-0.39, 0.29) is 23.4 Å². The first-order chi connectivity index (χ1) is 15.5. The van der Waals surface area contributed by atoms with Gasteiger partial charge >= 0.3 is 0 Å². The Labute approximate surface area is 185 Å². The Morgan fingerprint density at radius 2 is 2.00 bits per heavy atom. The Kier molecular flexibility index (Phi) is 4.78. The number of Topliss-reactive ketones (excluding diaryl/α,β-unsaturated/α-hetero) is 1. The van der Waals surface area contributed by atoms with E-state index in [1.165, 1.54) is 18.3 Å². The van der Waals surface area contributed by atoms with Gasteiger partial charge in [-0.05, 0) is 55.1 Å². The van der Waals surface area contributed by atoms with Crippen LogP contribution in [0, 0.1) is 11.7 Å². The van der Waals surface area contributed by atoms with Crippen LogP contribution in [0.2, 0.25) is 0 Å². The van der Waals surface area contributed by atoms with Gasteiger partial charge in [-0.3, -0.25) is 19.5 Å². The van der Waals surface area contributed by atoms with E-state index in [0.29, 0.717) is 29.1 Å². The summed E-state index contributed by atoms with van der Waals surface area (Å²) in [7, 11) is 3.41. The summed E-state index contributed by atoms with van der Waals surface area (Å²) in [6, 6.07) is 15.0. The molecule has 0 unspecified atom stereocenters. The Hall–Kier alpha value is -3.58. The van der Waals surface area contributed by atoms with Gasteiger partial charge in [-0.15, -0.1) is 0 Å². The van der Waals surface area contributed by atoms with Gasteiger partial charge < -0.3 is 10.1 Å². The number of rotatable bonds is 4. The van der Waals surface area contributed by atoms with E-state index in [9.17, 15) is 14.0 Å². The van der Waals surface area contributed by atoms with Crippen LogP contribution in [0.5, 0.6) is 5.75 Å². The van der Waals surface area contributed by atoms with Crippen LogP contribution in [0.4, 0.5) is 10.1 Å². The lowest BCUT2D eigenvalue weighted by atomic mass is 9.70. The van der Waals surface area contributed by atoms with Crippen LogP contribution in [0.15, 0.2) is 67.0 Å². The van der Waals surface area contributed by atoms with Crippen LogP contribution in [-0.2, 0) is 10.3 Å². The summed E-state index contributed by atoms with van der Waals surface area (Å²) in [6.07, 6.45) is 3.13. The van der Waals surface area contributed by atoms with E-state index in [1.54, 1.807) is 49.7 Å². The molecule has 1 aromatic heterocycles. The summed E-state index contributed by atoms with van der Waals surface area (Å²) in [6.45, 7) is 0.451. The van der Waals surface area contributed by atoms with Crippen molar-refractivity contribution in [3.05, 3.63) is 89.5 Å².